The molecule has 60 heavy (non-hydrogen) atoms. The number of imidazole rings is 2. The van der Waals surface area contributed by atoms with Crippen LogP contribution in [0.5, 0.6) is 0 Å². The summed E-state index contributed by atoms with van der Waals surface area (Å²) < 4.78 is 4.51. The second-order valence-electron chi connectivity index (χ2n) is 14.9. The van der Waals surface area contributed by atoms with Gasteiger partial charge in [0.05, 0.1) is 33.5 Å². The Morgan fingerprint density at radius 3 is 1.05 bits per heavy atom. The van der Waals surface area contributed by atoms with Crippen molar-refractivity contribution < 1.29 is 0 Å². The molecule has 0 fully saturated rings. The normalized spacial score (nSPS) is 11.3. The average Bonchev–Trinajstić information content (AvgIpc) is 3.92. The van der Waals surface area contributed by atoms with E-state index in [-0.39, 0.29) is 0 Å². The van der Waals surface area contributed by atoms with E-state index in [1.54, 1.807) is 0 Å². The predicted molar refractivity (Wildman–Crippen MR) is 246 cm³/mol. The van der Waals surface area contributed by atoms with Crippen molar-refractivity contribution in [3.05, 3.63) is 224 Å². The van der Waals surface area contributed by atoms with Gasteiger partial charge in [0.25, 0.3) is 0 Å². The fourth-order valence-electron chi connectivity index (χ4n) is 8.35. The van der Waals surface area contributed by atoms with Gasteiger partial charge in [-0.05, 0) is 77.9 Å². The Balaban J connectivity index is 1.14. The van der Waals surface area contributed by atoms with Crippen LogP contribution >= 0.6 is 0 Å². The Morgan fingerprint density at radius 2 is 0.617 bits per heavy atom. The maximum Gasteiger partial charge on any atom is 0.145 e. The molecule has 5 nitrogen and oxygen atoms in total. The molecule has 5 heteroatoms. The molecular weight excluding hydrogens is 731 g/mol. The molecule has 0 spiro atoms. The highest BCUT2D eigenvalue weighted by atomic mass is 15.1. The highest BCUT2D eigenvalue weighted by molar-refractivity contribution is 5.93. The number of hydrogen-bond acceptors (Lipinski definition) is 3. The van der Waals surface area contributed by atoms with Crippen molar-refractivity contribution in [3.63, 3.8) is 0 Å². The molecule has 3 heterocycles. The minimum atomic E-state index is 0.883. The zero-order valence-corrected chi connectivity index (χ0v) is 32.6. The van der Waals surface area contributed by atoms with Crippen LogP contribution < -0.4 is 0 Å². The minimum absolute atomic E-state index is 0.883. The van der Waals surface area contributed by atoms with Crippen molar-refractivity contribution in [1.82, 2.24) is 24.1 Å². The molecule has 282 valence electrons. The van der Waals surface area contributed by atoms with Crippen LogP contribution in [0.15, 0.2) is 224 Å². The SMILES string of the molecule is c1ccc(-c2nc(-c3ccccc3)c(-c3cccc(-c4nc5ccccc5n4-c4ccccc4)c3)cc2-c2cccc(-c3nc4ccccc4n3-c3ccccc3)c2)cc1. The lowest BCUT2D eigenvalue weighted by Crippen LogP contribution is -1.99. The smallest absolute Gasteiger partial charge is 0.145 e. The van der Waals surface area contributed by atoms with E-state index < -0.39 is 0 Å². The van der Waals surface area contributed by atoms with Gasteiger partial charge in [-0.1, -0.05) is 158 Å². The maximum atomic E-state index is 5.63. The van der Waals surface area contributed by atoms with Gasteiger partial charge in [-0.2, -0.15) is 0 Å². The summed E-state index contributed by atoms with van der Waals surface area (Å²) in [7, 11) is 0. The fourth-order valence-corrected chi connectivity index (χ4v) is 8.35. The lowest BCUT2D eigenvalue weighted by molar-refractivity contribution is 1.10. The summed E-state index contributed by atoms with van der Waals surface area (Å²) in [4.78, 5) is 16.1. The van der Waals surface area contributed by atoms with Crippen LogP contribution in [0, 0.1) is 0 Å². The second kappa shape index (κ2) is 15.0. The molecule has 3 aromatic heterocycles. The first-order valence-electron chi connectivity index (χ1n) is 20.2. The predicted octanol–water partition coefficient (Wildman–Crippen LogP) is 13.8. The topological polar surface area (TPSA) is 48.5 Å². The first-order valence-corrected chi connectivity index (χ1v) is 20.2. The van der Waals surface area contributed by atoms with Gasteiger partial charge in [0.2, 0.25) is 0 Å². The standard InChI is InChI=1S/C55H37N5/c1-5-19-38(20-6-1)52-46(40-23-17-25-42(35-40)54-56-48-31-13-15-33-50(48)59(54)44-27-9-3-10-28-44)37-47(53(58-52)39-21-7-2-8-22-39)41-24-18-26-43(36-41)55-57-49-32-14-16-34-51(49)60(55)45-29-11-4-12-30-45/h1-37H. The molecule has 0 unspecified atom stereocenters. The molecule has 0 aliphatic carbocycles. The molecule has 0 bridgehead atoms. The third kappa shape index (κ3) is 6.26. The van der Waals surface area contributed by atoms with Crippen LogP contribution in [-0.4, -0.2) is 24.1 Å². The molecule has 11 aromatic rings. The lowest BCUT2D eigenvalue weighted by atomic mass is 9.91. The van der Waals surface area contributed by atoms with Crippen LogP contribution in [0.3, 0.4) is 0 Å². The van der Waals surface area contributed by atoms with E-state index in [0.29, 0.717) is 0 Å². The number of benzene rings is 8. The first kappa shape index (κ1) is 35.0. The van der Waals surface area contributed by atoms with Gasteiger partial charge in [-0.25, -0.2) is 15.0 Å². The molecule has 0 aliphatic heterocycles. The minimum Gasteiger partial charge on any atom is -0.292 e. The third-order valence-corrected chi connectivity index (χ3v) is 11.1. The summed E-state index contributed by atoms with van der Waals surface area (Å²) in [6.45, 7) is 0. The molecular formula is C55H37N5. The molecule has 0 atom stereocenters. The first-order chi connectivity index (χ1) is 29.8. The Hall–Kier alpha value is -8.15. The Bertz CT molecular complexity index is 3080. The van der Waals surface area contributed by atoms with Gasteiger partial charge >= 0.3 is 0 Å². The zero-order valence-electron chi connectivity index (χ0n) is 32.6. The molecule has 0 saturated carbocycles. The van der Waals surface area contributed by atoms with E-state index in [9.17, 15) is 0 Å². The number of nitrogens with zero attached hydrogens (tertiary/aromatic N) is 5. The Kier molecular flexibility index (Phi) is 8.75. The van der Waals surface area contributed by atoms with Crippen LogP contribution in [-0.2, 0) is 0 Å². The lowest BCUT2D eigenvalue weighted by Gasteiger charge is -2.18. The van der Waals surface area contributed by atoms with Crippen LogP contribution in [0.4, 0.5) is 0 Å². The number of para-hydroxylation sites is 6. The zero-order chi connectivity index (χ0) is 39.8. The Morgan fingerprint density at radius 1 is 0.267 bits per heavy atom. The van der Waals surface area contributed by atoms with Crippen molar-refractivity contribution in [3.8, 4) is 78.9 Å². The van der Waals surface area contributed by atoms with Crippen molar-refractivity contribution in [2.45, 2.75) is 0 Å². The Labute approximate surface area is 348 Å². The second-order valence-corrected chi connectivity index (χ2v) is 14.9. The molecule has 0 aliphatic rings. The summed E-state index contributed by atoms with van der Waals surface area (Å²) in [5.41, 5.74) is 16.2. The van der Waals surface area contributed by atoms with Crippen LogP contribution in [0.25, 0.3) is 101 Å². The van der Waals surface area contributed by atoms with Gasteiger partial charge in [-0.15, -0.1) is 0 Å². The van der Waals surface area contributed by atoms with Gasteiger partial charge in [0.1, 0.15) is 11.6 Å². The van der Waals surface area contributed by atoms with Crippen molar-refractivity contribution in [1.29, 1.82) is 0 Å². The molecule has 0 amide bonds. The third-order valence-electron chi connectivity index (χ3n) is 11.1. The van der Waals surface area contributed by atoms with Crippen molar-refractivity contribution in [2.75, 3.05) is 0 Å². The van der Waals surface area contributed by atoms with E-state index in [2.05, 4.69) is 209 Å². The summed E-state index contributed by atoms with van der Waals surface area (Å²) >= 11 is 0. The van der Waals surface area contributed by atoms with E-state index in [1.165, 1.54) is 0 Å². The quantitative estimate of drug-likeness (QED) is 0.155. The number of aromatic nitrogens is 5. The van der Waals surface area contributed by atoms with E-state index in [1.807, 2.05) is 24.3 Å². The fraction of sp³-hybridized carbons (Fsp3) is 0. The van der Waals surface area contributed by atoms with Crippen LogP contribution in [0.1, 0.15) is 0 Å². The van der Waals surface area contributed by atoms with Gasteiger partial charge < -0.3 is 0 Å². The number of pyridine rings is 1. The molecule has 8 aromatic carbocycles. The highest BCUT2D eigenvalue weighted by Crippen LogP contribution is 2.42. The molecule has 11 rings (SSSR count). The molecule has 0 N–H and O–H groups in total. The summed E-state index contributed by atoms with van der Waals surface area (Å²) in [5.74, 6) is 1.77. The summed E-state index contributed by atoms with van der Waals surface area (Å²) in [6.07, 6.45) is 0. The van der Waals surface area contributed by atoms with Crippen molar-refractivity contribution in [2.24, 2.45) is 0 Å². The van der Waals surface area contributed by atoms with Gasteiger partial charge in [0.15, 0.2) is 0 Å². The molecule has 0 saturated heterocycles. The number of rotatable bonds is 8. The number of hydrogen-bond donors (Lipinski definition) is 0. The molecule has 0 radical (unpaired) electrons. The van der Waals surface area contributed by atoms with Gasteiger partial charge in [-0.3, -0.25) is 9.13 Å². The van der Waals surface area contributed by atoms with Crippen molar-refractivity contribution >= 4 is 22.1 Å². The summed E-state index contributed by atoms with van der Waals surface area (Å²) in [5, 5.41) is 0. The van der Waals surface area contributed by atoms with E-state index in [4.69, 9.17) is 15.0 Å². The van der Waals surface area contributed by atoms with E-state index in [0.717, 1.165) is 101 Å². The highest BCUT2D eigenvalue weighted by Gasteiger charge is 2.21. The number of fused-ring (bicyclic) bond motifs is 2. The average molecular weight is 768 g/mol. The monoisotopic (exact) mass is 767 g/mol. The maximum absolute atomic E-state index is 5.63. The van der Waals surface area contributed by atoms with Gasteiger partial charge in [0, 0.05) is 44.8 Å². The van der Waals surface area contributed by atoms with Crippen LogP contribution in [0.2, 0.25) is 0 Å². The summed E-state index contributed by atoms with van der Waals surface area (Å²) in [6, 6.07) is 78.4. The van der Waals surface area contributed by atoms with E-state index >= 15 is 0 Å². The largest absolute Gasteiger partial charge is 0.292 e.